The lowest BCUT2D eigenvalue weighted by molar-refractivity contribution is 0.482. The molecule has 0 aliphatic rings. The molecule has 4 rings (SSSR count). The van der Waals surface area contributed by atoms with Gasteiger partial charge in [-0.1, -0.05) is 30.3 Å². The van der Waals surface area contributed by atoms with E-state index < -0.39 is 0 Å². The highest BCUT2D eigenvalue weighted by molar-refractivity contribution is 5.67. The van der Waals surface area contributed by atoms with Crippen LogP contribution in [0.15, 0.2) is 97.1 Å². The van der Waals surface area contributed by atoms with Gasteiger partial charge in [-0.15, -0.1) is 0 Å². The van der Waals surface area contributed by atoms with Crippen LogP contribution in [0.3, 0.4) is 0 Å². The predicted molar refractivity (Wildman–Crippen MR) is 114 cm³/mol. The van der Waals surface area contributed by atoms with E-state index in [1.165, 1.54) is 0 Å². The number of nitrogen functional groups attached to an aromatic ring is 2. The van der Waals surface area contributed by atoms with Crippen molar-refractivity contribution in [3.8, 4) is 34.1 Å². The Morgan fingerprint density at radius 2 is 0.929 bits per heavy atom. The lowest BCUT2D eigenvalue weighted by atomic mass is 10.1. The second-order valence-electron chi connectivity index (χ2n) is 6.40. The Morgan fingerprint density at radius 3 is 1.50 bits per heavy atom. The van der Waals surface area contributed by atoms with Gasteiger partial charge >= 0.3 is 0 Å². The molecule has 28 heavy (non-hydrogen) atoms. The molecule has 4 heteroatoms. The normalized spacial score (nSPS) is 10.4. The molecule has 0 bridgehead atoms. The Bertz CT molecular complexity index is 1090. The summed E-state index contributed by atoms with van der Waals surface area (Å²) in [5.41, 5.74) is 15.0. The molecule has 138 valence electrons. The first-order valence-corrected chi connectivity index (χ1v) is 8.93. The molecule has 0 amide bonds. The second kappa shape index (κ2) is 7.76. The van der Waals surface area contributed by atoms with Crippen molar-refractivity contribution >= 4 is 11.4 Å². The lowest BCUT2D eigenvalue weighted by Gasteiger charge is -2.10. The third-order valence-electron chi connectivity index (χ3n) is 4.21. The molecule has 0 fully saturated rings. The van der Waals surface area contributed by atoms with Crippen LogP contribution in [-0.2, 0) is 0 Å². The Hall–Kier alpha value is -3.92. The molecule has 0 atom stereocenters. The molecule has 4 nitrogen and oxygen atoms in total. The summed E-state index contributed by atoms with van der Waals surface area (Å²) in [6.07, 6.45) is 0. The predicted octanol–water partition coefficient (Wildman–Crippen LogP) is 6.10. The zero-order valence-electron chi connectivity index (χ0n) is 15.2. The van der Waals surface area contributed by atoms with Crippen molar-refractivity contribution < 1.29 is 9.47 Å². The minimum absolute atomic E-state index is 0.668. The van der Waals surface area contributed by atoms with E-state index in [1.807, 2.05) is 91.0 Å². The van der Waals surface area contributed by atoms with Crippen LogP contribution in [0.25, 0.3) is 11.1 Å². The zero-order valence-corrected chi connectivity index (χ0v) is 15.2. The molecular weight excluding hydrogens is 348 g/mol. The minimum Gasteiger partial charge on any atom is -0.457 e. The number of anilines is 2. The van der Waals surface area contributed by atoms with Gasteiger partial charge in [0.25, 0.3) is 0 Å². The summed E-state index contributed by atoms with van der Waals surface area (Å²) in [6, 6.07) is 30.5. The van der Waals surface area contributed by atoms with Gasteiger partial charge in [-0.25, -0.2) is 0 Å². The van der Waals surface area contributed by atoms with Crippen molar-refractivity contribution in [2.45, 2.75) is 0 Å². The van der Waals surface area contributed by atoms with Crippen molar-refractivity contribution in [2.24, 2.45) is 0 Å². The van der Waals surface area contributed by atoms with Crippen LogP contribution in [0, 0.1) is 0 Å². The van der Waals surface area contributed by atoms with Crippen LogP contribution in [0.1, 0.15) is 0 Å². The van der Waals surface area contributed by atoms with Gasteiger partial charge in [-0.3, -0.25) is 0 Å². The number of rotatable bonds is 5. The van der Waals surface area contributed by atoms with Gasteiger partial charge < -0.3 is 20.9 Å². The van der Waals surface area contributed by atoms with Crippen LogP contribution in [0.4, 0.5) is 11.4 Å². The summed E-state index contributed by atoms with van der Waals surface area (Å²) < 4.78 is 11.9. The summed E-state index contributed by atoms with van der Waals surface area (Å²) in [5, 5.41) is 0. The van der Waals surface area contributed by atoms with E-state index in [0.29, 0.717) is 17.1 Å². The van der Waals surface area contributed by atoms with Crippen molar-refractivity contribution in [3.05, 3.63) is 97.1 Å². The average molecular weight is 368 g/mol. The Labute approximate surface area is 164 Å². The molecule has 0 saturated heterocycles. The van der Waals surface area contributed by atoms with E-state index in [4.69, 9.17) is 20.9 Å². The van der Waals surface area contributed by atoms with E-state index in [-0.39, 0.29) is 0 Å². The van der Waals surface area contributed by atoms with E-state index in [2.05, 4.69) is 0 Å². The van der Waals surface area contributed by atoms with Crippen molar-refractivity contribution in [1.29, 1.82) is 0 Å². The maximum absolute atomic E-state index is 5.94. The first kappa shape index (κ1) is 17.5. The second-order valence-corrected chi connectivity index (χ2v) is 6.40. The van der Waals surface area contributed by atoms with Crippen LogP contribution >= 0.6 is 0 Å². The monoisotopic (exact) mass is 368 g/mol. The van der Waals surface area contributed by atoms with Gasteiger partial charge in [0.15, 0.2) is 0 Å². The summed E-state index contributed by atoms with van der Waals surface area (Å²) in [6.45, 7) is 0. The number of hydrogen-bond acceptors (Lipinski definition) is 4. The van der Waals surface area contributed by atoms with Crippen LogP contribution in [0.2, 0.25) is 0 Å². The van der Waals surface area contributed by atoms with Gasteiger partial charge in [0.2, 0.25) is 0 Å². The van der Waals surface area contributed by atoms with Gasteiger partial charge in [-0.2, -0.15) is 0 Å². The molecule has 0 radical (unpaired) electrons. The molecule has 0 aliphatic carbocycles. The Kier molecular flexibility index (Phi) is 4.85. The molecule has 0 saturated carbocycles. The Balaban J connectivity index is 1.56. The van der Waals surface area contributed by atoms with Crippen LogP contribution in [0.5, 0.6) is 23.0 Å². The van der Waals surface area contributed by atoms with E-state index in [1.54, 1.807) is 6.07 Å². The summed E-state index contributed by atoms with van der Waals surface area (Å²) in [4.78, 5) is 0. The SMILES string of the molecule is Nc1ccc(Oc2cccc(-c3cccc(Oc4cccc(N)c4)c3)c2)cc1. The molecule has 0 aromatic heterocycles. The maximum Gasteiger partial charge on any atom is 0.129 e. The van der Waals surface area contributed by atoms with Crippen molar-refractivity contribution in [2.75, 3.05) is 11.5 Å². The summed E-state index contributed by atoms with van der Waals surface area (Å²) in [5.74, 6) is 2.94. The first-order valence-electron chi connectivity index (χ1n) is 8.93. The molecule has 0 heterocycles. The number of hydrogen-bond donors (Lipinski definition) is 2. The summed E-state index contributed by atoms with van der Waals surface area (Å²) >= 11 is 0. The molecule has 4 aromatic rings. The van der Waals surface area contributed by atoms with Gasteiger partial charge in [0, 0.05) is 17.4 Å². The van der Waals surface area contributed by atoms with Gasteiger partial charge in [0.1, 0.15) is 23.0 Å². The average Bonchev–Trinajstić information content (AvgIpc) is 2.70. The molecule has 0 spiro atoms. The number of ether oxygens (including phenoxy) is 2. The summed E-state index contributed by atoms with van der Waals surface area (Å²) in [7, 11) is 0. The number of benzene rings is 4. The largest absolute Gasteiger partial charge is 0.457 e. The van der Waals surface area contributed by atoms with Gasteiger partial charge in [0.05, 0.1) is 0 Å². The smallest absolute Gasteiger partial charge is 0.129 e. The molecule has 4 N–H and O–H groups in total. The minimum atomic E-state index is 0.668. The quantitative estimate of drug-likeness (QED) is 0.417. The molecular formula is C24H20N2O2. The van der Waals surface area contributed by atoms with Crippen molar-refractivity contribution in [3.63, 3.8) is 0 Å². The fourth-order valence-corrected chi connectivity index (χ4v) is 2.86. The zero-order chi connectivity index (χ0) is 19.3. The molecule has 0 unspecified atom stereocenters. The third kappa shape index (κ3) is 4.24. The van der Waals surface area contributed by atoms with Crippen LogP contribution in [-0.4, -0.2) is 0 Å². The third-order valence-corrected chi connectivity index (χ3v) is 4.21. The fraction of sp³-hybridized carbons (Fsp3) is 0. The van der Waals surface area contributed by atoms with E-state index in [0.717, 1.165) is 28.4 Å². The van der Waals surface area contributed by atoms with E-state index >= 15 is 0 Å². The topological polar surface area (TPSA) is 70.5 Å². The highest BCUT2D eigenvalue weighted by Crippen LogP contribution is 2.31. The van der Waals surface area contributed by atoms with Gasteiger partial charge in [-0.05, 0) is 71.8 Å². The molecule has 0 aliphatic heterocycles. The molecule has 4 aromatic carbocycles. The highest BCUT2D eigenvalue weighted by atomic mass is 16.5. The first-order chi connectivity index (χ1) is 13.7. The standard InChI is InChI=1S/C24H20N2O2/c25-19-10-12-21(13-11-19)27-22-7-1-4-17(14-22)18-5-2-8-23(15-18)28-24-9-3-6-20(26)16-24/h1-16H,25-26H2. The Morgan fingerprint density at radius 1 is 0.429 bits per heavy atom. The number of nitrogens with two attached hydrogens (primary N) is 2. The van der Waals surface area contributed by atoms with E-state index in [9.17, 15) is 0 Å². The lowest BCUT2D eigenvalue weighted by Crippen LogP contribution is -1.89. The maximum atomic E-state index is 5.94. The van der Waals surface area contributed by atoms with Crippen LogP contribution < -0.4 is 20.9 Å². The highest BCUT2D eigenvalue weighted by Gasteiger charge is 2.05. The van der Waals surface area contributed by atoms with Crippen molar-refractivity contribution in [1.82, 2.24) is 0 Å². The fourth-order valence-electron chi connectivity index (χ4n) is 2.86.